The highest BCUT2D eigenvalue weighted by atomic mass is 16.5. The first-order valence-corrected chi connectivity index (χ1v) is 8.86. The van der Waals surface area contributed by atoms with Gasteiger partial charge in [-0.05, 0) is 48.6 Å². The maximum Gasteiger partial charge on any atom is 0.207 e. The van der Waals surface area contributed by atoms with Crippen LogP contribution in [0.3, 0.4) is 0 Å². The maximum atomic E-state index is 12.7. The van der Waals surface area contributed by atoms with Crippen LogP contribution < -0.4 is 4.74 Å². The Morgan fingerprint density at radius 1 is 1.31 bits per heavy atom. The number of Topliss-reactive ketones (excluding diaryl/α,β-unsaturated/α-hetero) is 1. The number of allylic oxidation sites excluding steroid dienone is 1. The average molecular weight is 349 g/mol. The van der Waals surface area contributed by atoms with E-state index < -0.39 is 0 Å². The zero-order chi connectivity index (χ0) is 18.7. The van der Waals surface area contributed by atoms with Gasteiger partial charge in [-0.3, -0.25) is 4.79 Å². The summed E-state index contributed by atoms with van der Waals surface area (Å²) in [7, 11) is 0. The first-order chi connectivity index (χ1) is 12.5. The van der Waals surface area contributed by atoms with Crippen molar-refractivity contribution in [3.8, 4) is 16.9 Å². The lowest BCUT2D eigenvalue weighted by atomic mass is 9.95. The molecule has 2 aromatic heterocycles. The van der Waals surface area contributed by atoms with Crippen molar-refractivity contribution in [3.63, 3.8) is 0 Å². The number of rotatable bonds is 7. The number of benzene rings is 1. The van der Waals surface area contributed by atoms with E-state index in [1.54, 1.807) is 23.0 Å². The smallest absolute Gasteiger partial charge is 0.207 e. The summed E-state index contributed by atoms with van der Waals surface area (Å²) >= 11 is 0. The lowest BCUT2D eigenvalue weighted by Crippen LogP contribution is -2.12. The third-order valence-electron chi connectivity index (χ3n) is 4.56. The van der Waals surface area contributed by atoms with Gasteiger partial charge in [0.15, 0.2) is 5.65 Å². The number of ether oxygens (including phenoxy) is 1. The first-order valence-electron chi connectivity index (χ1n) is 8.86. The van der Waals surface area contributed by atoms with E-state index in [0.29, 0.717) is 23.5 Å². The van der Waals surface area contributed by atoms with Crippen LogP contribution in [0.25, 0.3) is 16.8 Å². The number of nitrogens with zero attached hydrogens (tertiary/aromatic N) is 3. The van der Waals surface area contributed by atoms with Crippen molar-refractivity contribution >= 4 is 11.4 Å². The Labute approximate surface area is 153 Å². The van der Waals surface area contributed by atoms with E-state index in [4.69, 9.17) is 4.74 Å². The maximum absolute atomic E-state index is 12.7. The van der Waals surface area contributed by atoms with Crippen molar-refractivity contribution in [3.05, 3.63) is 60.6 Å². The fourth-order valence-corrected chi connectivity index (χ4v) is 2.75. The summed E-state index contributed by atoms with van der Waals surface area (Å²) in [5, 5.41) is 4.35. The van der Waals surface area contributed by atoms with E-state index in [1.165, 1.54) is 0 Å². The highest BCUT2D eigenvalue weighted by molar-refractivity contribution is 6.07. The molecule has 0 fully saturated rings. The van der Waals surface area contributed by atoms with Crippen LogP contribution in [0.2, 0.25) is 0 Å². The molecule has 0 saturated heterocycles. The molecule has 26 heavy (non-hydrogen) atoms. The van der Waals surface area contributed by atoms with E-state index in [1.807, 2.05) is 45.0 Å². The van der Waals surface area contributed by atoms with Gasteiger partial charge in [0.1, 0.15) is 11.4 Å². The second kappa shape index (κ2) is 7.52. The number of carbonyl (C=O) groups excluding carboxylic acids is 1. The monoisotopic (exact) mass is 349 g/mol. The number of aromatic nitrogens is 3. The topological polar surface area (TPSA) is 56.5 Å². The second-order valence-electron chi connectivity index (χ2n) is 6.26. The SMILES string of the molecule is C=C(C(=O)c1ccn2ncc(-c3cccc(OCC)c3)c2n1)C(C)CC. The predicted molar refractivity (Wildman–Crippen MR) is 103 cm³/mol. The minimum atomic E-state index is -0.114. The van der Waals surface area contributed by atoms with E-state index >= 15 is 0 Å². The lowest BCUT2D eigenvalue weighted by molar-refractivity contribution is 0.102. The highest BCUT2D eigenvalue weighted by Gasteiger charge is 2.18. The quantitative estimate of drug-likeness (QED) is 0.463. The highest BCUT2D eigenvalue weighted by Crippen LogP contribution is 2.27. The number of hydrogen-bond donors (Lipinski definition) is 0. The molecule has 1 unspecified atom stereocenters. The molecule has 1 atom stereocenters. The molecule has 0 radical (unpaired) electrons. The molecule has 0 N–H and O–H groups in total. The molecule has 0 aliphatic rings. The van der Waals surface area contributed by atoms with Crippen LogP contribution in [-0.2, 0) is 0 Å². The molecule has 3 aromatic rings. The van der Waals surface area contributed by atoms with Gasteiger partial charge in [-0.25, -0.2) is 9.50 Å². The summed E-state index contributed by atoms with van der Waals surface area (Å²) in [5.41, 5.74) is 3.43. The van der Waals surface area contributed by atoms with Gasteiger partial charge in [-0.15, -0.1) is 0 Å². The molecule has 5 nitrogen and oxygen atoms in total. The fourth-order valence-electron chi connectivity index (χ4n) is 2.75. The molecule has 0 spiro atoms. The van der Waals surface area contributed by atoms with Crippen LogP contribution in [0.15, 0.2) is 54.9 Å². The van der Waals surface area contributed by atoms with Gasteiger partial charge in [-0.1, -0.05) is 32.6 Å². The van der Waals surface area contributed by atoms with Crippen LogP contribution in [0.5, 0.6) is 5.75 Å². The Morgan fingerprint density at radius 3 is 2.85 bits per heavy atom. The van der Waals surface area contributed by atoms with Crippen LogP contribution in [0, 0.1) is 5.92 Å². The molecule has 5 heteroatoms. The lowest BCUT2D eigenvalue weighted by Gasteiger charge is -2.11. The number of hydrogen-bond acceptors (Lipinski definition) is 4. The van der Waals surface area contributed by atoms with Gasteiger partial charge in [-0.2, -0.15) is 5.10 Å². The molecular weight excluding hydrogens is 326 g/mol. The van der Waals surface area contributed by atoms with Gasteiger partial charge < -0.3 is 4.74 Å². The van der Waals surface area contributed by atoms with Crippen LogP contribution in [-0.4, -0.2) is 27.0 Å². The van der Waals surface area contributed by atoms with E-state index in [0.717, 1.165) is 23.3 Å². The van der Waals surface area contributed by atoms with Crippen molar-refractivity contribution in [2.75, 3.05) is 6.61 Å². The van der Waals surface area contributed by atoms with Gasteiger partial charge in [0.2, 0.25) is 5.78 Å². The summed E-state index contributed by atoms with van der Waals surface area (Å²) < 4.78 is 7.25. The largest absolute Gasteiger partial charge is 0.494 e. The molecule has 0 amide bonds. The minimum absolute atomic E-state index is 0.114. The summed E-state index contributed by atoms with van der Waals surface area (Å²) in [6.45, 7) is 10.6. The van der Waals surface area contributed by atoms with Crippen molar-refractivity contribution in [1.82, 2.24) is 14.6 Å². The standard InChI is InChI=1S/C21H23N3O2/c1-5-14(3)15(4)20(25)19-10-11-24-21(23-19)18(13-22-24)16-8-7-9-17(12-16)26-6-2/h7-14H,4-6H2,1-3H3. The molecule has 0 bridgehead atoms. The fraction of sp³-hybridized carbons (Fsp3) is 0.286. The Hall–Kier alpha value is -2.95. The first kappa shape index (κ1) is 17.9. The van der Waals surface area contributed by atoms with Gasteiger partial charge in [0.25, 0.3) is 0 Å². The Morgan fingerprint density at radius 2 is 2.12 bits per heavy atom. The molecule has 0 aliphatic heterocycles. The van der Waals surface area contributed by atoms with Crippen molar-refractivity contribution in [2.24, 2.45) is 5.92 Å². The Kier molecular flexibility index (Phi) is 5.16. The number of carbonyl (C=O) groups is 1. The van der Waals surface area contributed by atoms with E-state index in [9.17, 15) is 4.79 Å². The minimum Gasteiger partial charge on any atom is -0.494 e. The number of ketones is 1. The third-order valence-corrected chi connectivity index (χ3v) is 4.56. The molecule has 0 saturated carbocycles. The molecule has 134 valence electrons. The van der Waals surface area contributed by atoms with Gasteiger partial charge in [0.05, 0.1) is 12.8 Å². The molecule has 0 aliphatic carbocycles. The van der Waals surface area contributed by atoms with Crippen LogP contribution >= 0.6 is 0 Å². The van der Waals surface area contributed by atoms with Crippen molar-refractivity contribution < 1.29 is 9.53 Å². The van der Waals surface area contributed by atoms with E-state index in [2.05, 4.69) is 16.7 Å². The van der Waals surface area contributed by atoms with Crippen LogP contribution in [0.4, 0.5) is 0 Å². The Bertz CT molecular complexity index is 959. The normalized spacial score (nSPS) is 12.1. The number of fused-ring (bicyclic) bond motifs is 1. The molecule has 1 aromatic carbocycles. The predicted octanol–water partition coefficient (Wildman–Crippen LogP) is 4.58. The molecule has 3 rings (SSSR count). The molecule has 2 heterocycles. The van der Waals surface area contributed by atoms with Crippen LogP contribution in [0.1, 0.15) is 37.7 Å². The van der Waals surface area contributed by atoms with E-state index in [-0.39, 0.29) is 11.7 Å². The van der Waals surface area contributed by atoms with Gasteiger partial charge >= 0.3 is 0 Å². The molecular formula is C21H23N3O2. The van der Waals surface area contributed by atoms with Gasteiger partial charge in [0, 0.05) is 11.8 Å². The summed E-state index contributed by atoms with van der Waals surface area (Å²) in [4.78, 5) is 17.3. The zero-order valence-electron chi connectivity index (χ0n) is 15.4. The van der Waals surface area contributed by atoms with Crippen molar-refractivity contribution in [2.45, 2.75) is 27.2 Å². The zero-order valence-corrected chi connectivity index (χ0v) is 15.4. The summed E-state index contributed by atoms with van der Waals surface area (Å²) in [6, 6.07) is 9.47. The van der Waals surface area contributed by atoms with Crippen molar-refractivity contribution in [1.29, 1.82) is 0 Å². The Balaban J connectivity index is 2.02. The third kappa shape index (κ3) is 3.38. The summed E-state index contributed by atoms with van der Waals surface area (Å²) in [6.07, 6.45) is 4.38. The second-order valence-corrected chi connectivity index (χ2v) is 6.26. The average Bonchev–Trinajstić information content (AvgIpc) is 3.09. The summed E-state index contributed by atoms with van der Waals surface area (Å²) in [5.74, 6) is 0.812.